The molecular weight excluding hydrogens is 476 g/mol. The smallest absolute Gasteiger partial charge is 0.245 e. The third kappa shape index (κ3) is 5.18. The molecule has 4 heterocycles. The Morgan fingerprint density at radius 1 is 1.21 bits per heavy atom. The van der Waals surface area contributed by atoms with Crippen LogP contribution in [0.1, 0.15) is 53.1 Å². The number of likely N-dealkylation sites (tertiary alicyclic amines) is 1. The van der Waals surface area contributed by atoms with E-state index >= 15 is 0 Å². The van der Waals surface area contributed by atoms with E-state index in [4.69, 9.17) is 10.7 Å². The number of nitrogens with one attached hydrogen (secondary N) is 1. The van der Waals surface area contributed by atoms with Crippen molar-refractivity contribution in [3.8, 4) is 0 Å². The van der Waals surface area contributed by atoms with Crippen LogP contribution in [0.25, 0.3) is 5.65 Å². The molecule has 1 aliphatic heterocycles. The molecule has 1 fully saturated rings. The lowest BCUT2D eigenvalue weighted by atomic mass is 9.92. The minimum Gasteiger partial charge on any atom is -0.382 e. The number of nitrogens with two attached hydrogens (primary N) is 1. The number of pyridine rings is 1. The highest BCUT2D eigenvalue weighted by Crippen LogP contribution is 2.32. The van der Waals surface area contributed by atoms with E-state index in [0.717, 1.165) is 60.4 Å². The third-order valence-corrected chi connectivity index (χ3v) is 7.37. The third-order valence-electron chi connectivity index (χ3n) is 7.37. The maximum Gasteiger partial charge on any atom is 0.245 e. The van der Waals surface area contributed by atoms with Gasteiger partial charge in [-0.25, -0.2) is 14.5 Å². The first-order valence-electron chi connectivity index (χ1n) is 13.0. The van der Waals surface area contributed by atoms with Crippen LogP contribution in [0.15, 0.2) is 72.8 Å². The van der Waals surface area contributed by atoms with Crippen molar-refractivity contribution in [1.29, 1.82) is 0 Å². The van der Waals surface area contributed by atoms with Gasteiger partial charge in [0, 0.05) is 32.5 Å². The molecule has 3 aromatic heterocycles. The van der Waals surface area contributed by atoms with E-state index in [-0.39, 0.29) is 5.91 Å². The number of aliphatic imine (C=N–C) groups is 1. The summed E-state index contributed by atoms with van der Waals surface area (Å²) in [5.74, 6) is 0.757. The van der Waals surface area contributed by atoms with Gasteiger partial charge in [0.15, 0.2) is 5.65 Å². The zero-order valence-corrected chi connectivity index (χ0v) is 22.0. The van der Waals surface area contributed by atoms with Crippen molar-refractivity contribution >= 4 is 23.1 Å². The average Bonchev–Trinajstić information content (AvgIpc) is 3.50. The molecule has 4 aromatic rings. The van der Waals surface area contributed by atoms with Gasteiger partial charge in [-0.1, -0.05) is 12.6 Å². The topological polar surface area (TPSA) is 106 Å². The van der Waals surface area contributed by atoms with E-state index in [9.17, 15) is 4.79 Å². The number of rotatable bonds is 7. The fourth-order valence-electron chi connectivity index (χ4n) is 5.32. The minimum absolute atomic E-state index is 0.00218. The Kier molecular flexibility index (Phi) is 7.26. The maximum atomic E-state index is 12.1. The summed E-state index contributed by atoms with van der Waals surface area (Å²) < 4.78 is 3.69. The molecule has 196 valence electrons. The molecule has 1 amide bonds. The molecule has 0 radical (unpaired) electrons. The second-order valence-electron chi connectivity index (χ2n) is 9.75. The molecule has 38 heavy (non-hydrogen) atoms. The zero-order chi connectivity index (χ0) is 26.6. The Balaban J connectivity index is 1.37. The summed E-state index contributed by atoms with van der Waals surface area (Å²) in [5, 5.41) is 4.16. The Hall–Kier alpha value is -4.40. The standard InChI is InChI=1S/C29H34N8O/c1-4-27(38)35-12-5-6-22(10-13-35)25-11-15-37(31-3)28(25)29(30)34-24-8-7-23(20(2)16-24)17-21-9-14-36-26(18-21)32-19-33-36/h4,7-9,11,14-16,18-19,22,31H,1,5-6,10,12-13,17H2,2-3H3,(H2,30,34). The largest absolute Gasteiger partial charge is 0.382 e. The van der Waals surface area contributed by atoms with Gasteiger partial charge in [-0.15, -0.1) is 0 Å². The van der Waals surface area contributed by atoms with Gasteiger partial charge in [0.1, 0.15) is 17.9 Å². The van der Waals surface area contributed by atoms with Crippen molar-refractivity contribution in [2.75, 3.05) is 25.6 Å². The molecule has 3 N–H and O–H groups in total. The molecule has 0 spiro atoms. The van der Waals surface area contributed by atoms with Crippen LogP contribution < -0.4 is 11.2 Å². The van der Waals surface area contributed by atoms with E-state index in [1.165, 1.54) is 17.2 Å². The number of hydrogen-bond donors (Lipinski definition) is 2. The van der Waals surface area contributed by atoms with Gasteiger partial charge in [0.2, 0.25) is 5.91 Å². The van der Waals surface area contributed by atoms with Gasteiger partial charge in [-0.05, 0) is 97.2 Å². The van der Waals surface area contributed by atoms with Crippen LogP contribution in [-0.2, 0) is 11.2 Å². The number of aromatic nitrogens is 4. The van der Waals surface area contributed by atoms with Gasteiger partial charge >= 0.3 is 0 Å². The van der Waals surface area contributed by atoms with Crippen molar-refractivity contribution in [3.05, 3.63) is 95.7 Å². The van der Waals surface area contributed by atoms with Crippen molar-refractivity contribution < 1.29 is 4.79 Å². The number of amides is 1. The SMILES string of the molecule is C=CC(=O)N1CCCC(c2ccn(NC)c2C(N)=Nc2ccc(Cc3ccn4ncnc4c3)c(C)c2)CC1. The van der Waals surface area contributed by atoms with E-state index in [1.54, 1.807) is 10.8 Å². The molecule has 0 aliphatic carbocycles. The fraction of sp³-hybridized carbons (Fsp3) is 0.310. The van der Waals surface area contributed by atoms with Crippen LogP contribution in [-0.4, -0.2) is 56.1 Å². The number of benzene rings is 1. The number of fused-ring (bicyclic) bond motifs is 1. The van der Waals surface area contributed by atoms with E-state index in [0.29, 0.717) is 18.3 Å². The first kappa shape index (κ1) is 25.3. The monoisotopic (exact) mass is 510 g/mol. The molecule has 1 aromatic carbocycles. The molecule has 5 rings (SSSR count). The first-order chi connectivity index (χ1) is 18.5. The molecule has 9 nitrogen and oxygen atoms in total. The number of aryl methyl sites for hydroxylation is 1. The normalized spacial score (nSPS) is 16.4. The number of nitrogens with zero attached hydrogens (tertiary/aromatic N) is 6. The summed E-state index contributed by atoms with van der Waals surface area (Å²) in [6.07, 6.45) is 10.5. The molecule has 1 aliphatic rings. The summed E-state index contributed by atoms with van der Waals surface area (Å²) in [5.41, 5.74) is 17.1. The van der Waals surface area contributed by atoms with Gasteiger partial charge in [0.05, 0.1) is 5.69 Å². The second-order valence-corrected chi connectivity index (χ2v) is 9.75. The molecular formula is C29H34N8O. The molecule has 1 saturated heterocycles. The highest BCUT2D eigenvalue weighted by molar-refractivity contribution is 5.99. The number of carbonyl (C=O) groups is 1. The van der Waals surface area contributed by atoms with Crippen LogP contribution in [0.5, 0.6) is 0 Å². The Morgan fingerprint density at radius 2 is 2.08 bits per heavy atom. The second kappa shape index (κ2) is 10.9. The summed E-state index contributed by atoms with van der Waals surface area (Å²) in [6.45, 7) is 7.20. The Labute approximate surface area is 222 Å². The lowest BCUT2D eigenvalue weighted by molar-refractivity contribution is -0.125. The highest BCUT2D eigenvalue weighted by atomic mass is 16.2. The van der Waals surface area contributed by atoms with Crippen LogP contribution in [0.4, 0.5) is 5.69 Å². The van der Waals surface area contributed by atoms with E-state index in [2.05, 4.69) is 59.3 Å². The molecule has 1 unspecified atom stereocenters. The van der Waals surface area contributed by atoms with Crippen molar-refractivity contribution in [1.82, 2.24) is 24.2 Å². The lowest BCUT2D eigenvalue weighted by Gasteiger charge is -2.19. The molecule has 0 bridgehead atoms. The average molecular weight is 511 g/mol. The molecule has 1 atom stereocenters. The summed E-state index contributed by atoms with van der Waals surface area (Å²) in [4.78, 5) is 23.1. The van der Waals surface area contributed by atoms with E-state index < -0.39 is 0 Å². The van der Waals surface area contributed by atoms with E-state index in [1.807, 2.05) is 35.1 Å². The first-order valence-corrected chi connectivity index (χ1v) is 13.0. The number of hydrogen-bond acceptors (Lipinski definition) is 5. The van der Waals surface area contributed by atoms with Gasteiger partial charge in [-0.2, -0.15) is 5.10 Å². The van der Waals surface area contributed by atoms with Crippen LogP contribution >= 0.6 is 0 Å². The zero-order valence-electron chi connectivity index (χ0n) is 22.0. The quantitative estimate of drug-likeness (QED) is 0.223. The summed E-state index contributed by atoms with van der Waals surface area (Å²) in [7, 11) is 1.87. The Bertz CT molecular complexity index is 1500. The van der Waals surface area contributed by atoms with Crippen molar-refractivity contribution in [2.45, 2.75) is 38.5 Å². The van der Waals surface area contributed by atoms with Crippen LogP contribution in [0.3, 0.4) is 0 Å². The lowest BCUT2D eigenvalue weighted by Crippen LogP contribution is -2.30. The van der Waals surface area contributed by atoms with Gasteiger partial charge in [-0.3, -0.25) is 9.47 Å². The predicted molar refractivity (Wildman–Crippen MR) is 150 cm³/mol. The fourth-order valence-corrected chi connectivity index (χ4v) is 5.32. The van der Waals surface area contributed by atoms with Gasteiger partial charge < -0.3 is 16.1 Å². The summed E-state index contributed by atoms with van der Waals surface area (Å²) in [6, 6.07) is 12.5. The number of carbonyl (C=O) groups excluding carboxylic acids is 1. The van der Waals surface area contributed by atoms with Crippen molar-refractivity contribution in [2.24, 2.45) is 10.7 Å². The summed E-state index contributed by atoms with van der Waals surface area (Å²) >= 11 is 0. The highest BCUT2D eigenvalue weighted by Gasteiger charge is 2.25. The number of amidine groups is 1. The predicted octanol–water partition coefficient (Wildman–Crippen LogP) is 3.92. The van der Waals surface area contributed by atoms with Gasteiger partial charge in [0.25, 0.3) is 0 Å². The molecule has 9 heteroatoms. The molecule has 0 saturated carbocycles. The van der Waals surface area contributed by atoms with Crippen LogP contribution in [0.2, 0.25) is 0 Å². The maximum absolute atomic E-state index is 12.1. The minimum atomic E-state index is -0.00218. The van der Waals surface area contributed by atoms with Crippen LogP contribution in [0, 0.1) is 6.92 Å². The Morgan fingerprint density at radius 3 is 2.87 bits per heavy atom. The van der Waals surface area contributed by atoms with Crippen molar-refractivity contribution in [3.63, 3.8) is 0 Å².